The summed E-state index contributed by atoms with van der Waals surface area (Å²) in [5, 5.41) is 10.4. The topological polar surface area (TPSA) is 76.2 Å². The lowest BCUT2D eigenvalue weighted by molar-refractivity contribution is -0.131. The number of amides is 1. The number of hydrogen-bond acceptors (Lipinski definition) is 4. The first-order chi connectivity index (χ1) is 13.6. The van der Waals surface area contributed by atoms with Gasteiger partial charge in [0.25, 0.3) is 0 Å². The summed E-state index contributed by atoms with van der Waals surface area (Å²) in [5.74, 6) is 1.18. The fourth-order valence-electron chi connectivity index (χ4n) is 4.11. The van der Waals surface area contributed by atoms with Crippen LogP contribution in [0.1, 0.15) is 37.5 Å². The monoisotopic (exact) mass is 381 g/mol. The van der Waals surface area contributed by atoms with Gasteiger partial charge in [0, 0.05) is 45.4 Å². The molecule has 4 rings (SSSR count). The molecule has 1 N–H and O–H groups in total. The maximum Gasteiger partial charge on any atom is 0.222 e. The zero-order chi connectivity index (χ0) is 19.5. The lowest BCUT2D eigenvalue weighted by atomic mass is 10.1. The van der Waals surface area contributed by atoms with E-state index in [2.05, 4.69) is 20.6 Å². The summed E-state index contributed by atoms with van der Waals surface area (Å²) in [4.78, 5) is 23.3. The van der Waals surface area contributed by atoms with Gasteiger partial charge < -0.3 is 19.1 Å². The predicted octanol–water partition coefficient (Wildman–Crippen LogP) is 2.32. The number of imidazole rings is 2. The Hall–Kier alpha value is -2.67. The van der Waals surface area contributed by atoms with Gasteiger partial charge in [-0.2, -0.15) is 0 Å². The molecular formula is C21H27N5O2. The number of nitrogens with zero attached hydrogens (tertiary/aromatic N) is 5. The molecule has 1 aromatic carbocycles. The second-order valence-electron chi connectivity index (χ2n) is 7.53. The highest BCUT2D eigenvalue weighted by atomic mass is 16.3. The molecule has 0 bridgehead atoms. The summed E-state index contributed by atoms with van der Waals surface area (Å²) in [6.07, 6.45) is 8.30. The van der Waals surface area contributed by atoms with E-state index in [1.807, 2.05) is 40.9 Å². The van der Waals surface area contributed by atoms with Crippen molar-refractivity contribution in [2.75, 3.05) is 13.1 Å². The summed E-state index contributed by atoms with van der Waals surface area (Å²) >= 11 is 0. The number of hydrogen-bond donors (Lipinski definition) is 1. The van der Waals surface area contributed by atoms with Gasteiger partial charge in [-0.25, -0.2) is 9.97 Å². The van der Waals surface area contributed by atoms with Crippen LogP contribution < -0.4 is 0 Å². The van der Waals surface area contributed by atoms with Crippen LogP contribution in [0.2, 0.25) is 0 Å². The van der Waals surface area contributed by atoms with E-state index in [0.29, 0.717) is 25.9 Å². The number of rotatable bonds is 5. The van der Waals surface area contributed by atoms with Crippen molar-refractivity contribution in [3.8, 4) is 0 Å². The SMILES string of the molecule is Cn1c(CCCC(=O)N2CC[C@H](O)[C@@H](n3ccnc3)CC2)nc2ccccc21. The Morgan fingerprint density at radius 3 is 2.86 bits per heavy atom. The van der Waals surface area contributed by atoms with Gasteiger partial charge in [0.1, 0.15) is 5.82 Å². The number of aromatic nitrogens is 4. The number of para-hydroxylation sites is 2. The van der Waals surface area contributed by atoms with Gasteiger partial charge in [0.05, 0.1) is 29.5 Å². The number of carbonyl (C=O) groups excluding carboxylic acids is 1. The van der Waals surface area contributed by atoms with Crippen LogP contribution in [-0.2, 0) is 18.3 Å². The zero-order valence-corrected chi connectivity index (χ0v) is 16.2. The molecule has 2 aromatic heterocycles. The zero-order valence-electron chi connectivity index (χ0n) is 16.2. The lowest BCUT2D eigenvalue weighted by Gasteiger charge is -2.21. The van der Waals surface area contributed by atoms with Gasteiger partial charge in [-0.05, 0) is 31.4 Å². The Bertz CT molecular complexity index is 934. The largest absolute Gasteiger partial charge is 0.391 e. The molecule has 3 heterocycles. The standard InChI is InChI=1S/C21H27N5O2/c1-24-17-6-3-2-5-16(17)23-20(24)7-4-8-21(28)25-12-9-18(19(27)10-13-25)26-14-11-22-15-26/h2-3,5-6,11,14-15,18-19,27H,4,7-10,12-13H2,1H3/t18-,19-/m0/s1. The summed E-state index contributed by atoms with van der Waals surface area (Å²) in [5.41, 5.74) is 2.12. The molecule has 1 fully saturated rings. The van der Waals surface area contributed by atoms with E-state index in [1.165, 1.54) is 0 Å². The van der Waals surface area contributed by atoms with Crippen molar-refractivity contribution in [3.05, 3.63) is 48.8 Å². The van der Waals surface area contributed by atoms with Crippen LogP contribution in [0, 0.1) is 0 Å². The third-order valence-corrected chi connectivity index (χ3v) is 5.77. The minimum atomic E-state index is -0.452. The van der Waals surface area contributed by atoms with E-state index in [4.69, 9.17) is 0 Å². The predicted molar refractivity (Wildman–Crippen MR) is 107 cm³/mol. The van der Waals surface area contributed by atoms with Gasteiger partial charge in [-0.1, -0.05) is 12.1 Å². The molecule has 28 heavy (non-hydrogen) atoms. The van der Waals surface area contributed by atoms with Crippen molar-refractivity contribution in [2.24, 2.45) is 7.05 Å². The van der Waals surface area contributed by atoms with Crippen molar-refractivity contribution < 1.29 is 9.90 Å². The first kappa shape index (κ1) is 18.7. The molecule has 0 spiro atoms. The number of aliphatic hydroxyl groups is 1. The van der Waals surface area contributed by atoms with Crippen LogP contribution in [0.25, 0.3) is 11.0 Å². The third-order valence-electron chi connectivity index (χ3n) is 5.77. The molecule has 0 saturated carbocycles. The second kappa shape index (κ2) is 8.14. The minimum Gasteiger partial charge on any atom is -0.391 e. The first-order valence-electron chi connectivity index (χ1n) is 9.97. The van der Waals surface area contributed by atoms with E-state index in [1.54, 1.807) is 12.5 Å². The van der Waals surface area contributed by atoms with Gasteiger partial charge in [0.2, 0.25) is 5.91 Å². The van der Waals surface area contributed by atoms with E-state index < -0.39 is 6.10 Å². The molecule has 0 aliphatic carbocycles. The normalized spacial score (nSPS) is 20.4. The Balaban J connectivity index is 1.32. The maximum absolute atomic E-state index is 12.7. The quantitative estimate of drug-likeness (QED) is 0.736. The van der Waals surface area contributed by atoms with E-state index in [-0.39, 0.29) is 11.9 Å². The molecule has 1 aliphatic rings. The molecule has 3 aromatic rings. The number of fused-ring (bicyclic) bond motifs is 1. The van der Waals surface area contributed by atoms with Crippen LogP contribution in [0.5, 0.6) is 0 Å². The number of likely N-dealkylation sites (tertiary alicyclic amines) is 1. The van der Waals surface area contributed by atoms with Crippen LogP contribution in [0.4, 0.5) is 0 Å². The van der Waals surface area contributed by atoms with E-state index >= 15 is 0 Å². The average Bonchev–Trinajstić information content (AvgIpc) is 3.28. The Morgan fingerprint density at radius 1 is 1.25 bits per heavy atom. The number of aliphatic hydroxyl groups excluding tert-OH is 1. The Labute approximate surface area is 164 Å². The Morgan fingerprint density at radius 2 is 2.07 bits per heavy atom. The number of benzene rings is 1. The maximum atomic E-state index is 12.7. The number of aryl methyl sites for hydroxylation is 2. The van der Waals surface area contributed by atoms with Gasteiger partial charge in [-0.3, -0.25) is 4.79 Å². The molecule has 1 amide bonds. The van der Waals surface area contributed by atoms with Crippen LogP contribution in [0.3, 0.4) is 0 Å². The van der Waals surface area contributed by atoms with Crippen molar-refractivity contribution in [1.82, 2.24) is 24.0 Å². The fourth-order valence-corrected chi connectivity index (χ4v) is 4.11. The Kier molecular flexibility index (Phi) is 5.43. The molecule has 2 atom stereocenters. The minimum absolute atomic E-state index is 0.0136. The van der Waals surface area contributed by atoms with E-state index in [0.717, 1.165) is 36.1 Å². The lowest BCUT2D eigenvalue weighted by Crippen LogP contribution is -2.32. The molecule has 1 aliphatic heterocycles. The van der Waals surface area contributed by atoms with Gasteiger partial charge in [0.15, 0.2) is 0 Å². The molecule has 148 valence electrons. The summed E-state index contributed by atoms with van der Waals surface area (Å²) in [6.45, 7) is 1.28. The number of carbonyl (C=O) groups is 1. The third kappa shape index (κ3) is 3.80. The highest BCUT2D eigenvalue weighted by molar-refractivity contribution is 5.77. The van der Waals surface area contributed by atoms with Crippen LogP contribution in [0.15, 0.2) is 43.0 Å². The van der Waals surface area contributed by atoms with Crippen LogP contribution >= 0.6 is 0 Å². The van der Waals surface area contributed by atoms with Crippen molar-refractivity contribution in [2.45, 2.75) is 44.2 Å². The smallest absolute Gasteiger partial charge is 0.222 e. The highest BCUT2D eigenvalue weighted by Crippen LogP contribution is 2.23. The summed E-state index contributed by atoms with van der Waals surface area (Å²) < 4.78 is 4.06. The van der Waals surface area contributed by atoms with Crippen molar-refractivity contribution >= 4 is 16.9 Å². The van der Waals surface area contributed by atoms with Crippen molar-refractivity contribution in [1.29, 1.82) is 0 Å². The molecular weight excluding hydrogens is 354 g/mol. The highest BCUT2D eigenvalue weighted by Gasteiger charge is 2.27. The van der Waals surface area contributed by atoms with Crippen LogP contribution in [-0.4, -0.2) is 54.2 Å². The summed E-state index contributed by atoms with van der Waals surface area (Å²) in [7, 11) is 2.03. The fraction of sp³-hybridized carbons (Fsp3) is 0.476. The van der Waals surface area contributed by atoms with Gasteiger partial charge in [-0.15, -0.1) is 0 Å². The van der Waals surface area contributed by atoms with E-state index in [9.17, 15) is 9.90 Å². The van der Waals surface area contributed by atoms with Gasteiger partial charge >= 0.3 is 0 Å². The first-order valence-corrected chi connectivity index (χ1v) is 9.97. The van der Waals surface area contributed by atoms with Crippen molar-refractivity contribution in [3.63, 3.8) is 0 Å². The molecule has 7 heteroatoms. The molecule has 0 radical (unpaired) electrons. The average molecular weight is 381 g/mol. The summed E-state index contributed by atoms with van der Waals surface area (Å²) in [6, 6.07) is 8.08. The second-order valence-corrected chi connectivity index (χ2v) is 7.53. The molecule has 0 unspecified atom stereocenters. The molecule has 1 saturated heterocycles. The molecule has 7 nitrogen and oxygen atoms in total.